The molecular weight excluding hydrogens is 252 g/mol. The van der Waals surface area contributed by atoms with E-state index < -0.39 is 0 Å². The molecule has 2 rings (SSSR count). The predicted octanol–water partition coefficient (Wildman–Crippen LogP) is -0.188. The molecule has 2 heterocycles. The summed E-state index contributed by atoms with van der Waals surface area (Å²) in [6, 6.07) is 0.197. The van der Waals surface area contributed by atoms with Crippen molar-refractivity contribution in [1.82, 2.24) is 14.9 Å². The number of nitrogens with zero attached hydrogens (tertiary/aromatic N) is 2. The molecule has 1 aromatic heterocycles. The summed E-state index contributed by atoms with van der Waals surface area (Å²) in [5.74, 6) is 0.407. The van der Waals surface area contributed by atoms with Crippen LogP contribution in [0.3, 0.4) is 0 Å². The number of carbonyl (C=O) groups excluding carboxylic acids is 1. The summed E-state index contributed by atoms with van der Waals surface area (Å²) in [6.45, 7) is 1.59. The van der Waals surface area contributed by atoms with E-state index in [1.54, 1.807) is 17.0 Å². The van der Waals surface area contributed by atoms with Gasteiger partial charge in [-0.1, -0.05) is 12.2 Å². The smallest absolute Gasteiger partial charge is 0.240 e. The van der Waals surface area contributed by atoms with Gasteiger partial charge >= 0.3 is 0 Å². The van der Waals surface area contributed by atoms with Crippen LogP contribution in [-0.4, -0.2) is 39.7 Å². The molecule has 0 bridgehead atoms. The molecule has 6 nitrogen and oxygen atoms in total. The maximum Gasteiger partial charge on any atom is 0.240 e. The fourth-order valence-corrected chi connectivity index (χ4v) is 2.10. The molecule has 18 heavy (non-hydrogen) atoms. The van der Waals surface area contributed by atoms with E-state index in [-0.39, 0.29) is 23.5 Å². The Morgan fingerprint density at radius 3 is 3.00 bits per heavy atom. The molecule has 1 fully saturated rings. The molecule has 0 spiro atoms. The first kappa shape index (κ1) is 13.0. The summed E-state index contributed by atoms with van der Waals surface area (Å²) in [4.78, 5) is 16.1. The van der Waals surface area contributed by atoms with Crippen LogP contribution in [0.25, 0.3) is 0 Å². The third kappa shape index (κ3) is 3.27. The summed E-state index contributed by atoms with van der Waals surface area (Å²) < 4.78 is 6.89. The maximum atomic E-state index is 11.9. The first-order valence-electron chi connectivity index (χ1n) is 5.85. The molecule has 0 aromatic carbocycles. The van der Waals surface area contributed by atoms with Crippen molar-refractivity contribution in [3.05, 3.63) is 18.2 Å². The highest BCUT2D eigenvalue weighted by Crippen LogP contribution is 2.06. The van der Waals surface area contributed by atoms with Gasteiger partial charge in [-0.15, -0.1) is 0 Å². The van der Waals surface area contributed by atoms with Gasteiger partial charge in [-0.05, 0) is 12.8 Å². The Bertz CT molecular complexity index is 440. The fourth-order valence-electron chi connectivity index (χ4n) is 1.93. The Hall–Kier alpha value is -1.47. The number of rotatable bonds is 4. The van der Waals surface area contributed by atoms with Crippen LogP contribution in [0, 0.1) is 0 Å². The maximum absolute atomic E-state index is 11.9. The Morgan fingerprint density at radius 1 is 1.61 bits per heavy atom. The van der Waals surface area contributed by atoms with E-state index in [0.29, 0.717) is 19.0 Å². The molecule has 0 unspecified atom stereocenters. The zero-order valence-corrected chi connectivity index (χ0v) is 10.8. The van der Waals surface area contributed by atoms with E-state index in [4.69, 9.17) is 22.7 Å². The Kier molecular flexibility index (Phi) is 4.27. The van der Waals surface area contributed by atoms with Gasteiger partial charge in [0.05, 0.1) is 0 Å². The topological polar surface area (TPSA) is 82.2 Å². The molecule has 1 aliphatic heterocycles. The van der Waals surface area contributed by atoms with Gasteiger partial charge < -0.3 is 20.4 Å². The van der Waals surface area contributed by atoms with Gasteiger partial charge in [-0.25, -0.2) is 4.98 Å². The van der Waals surface area contributed by atoms with Crippen molar-refractivity contribution in [2.45, 2.75) is 25.4 Å². The van der Waals surface area contributed by atoms with E-state index in [9.17, 15) is 4.79 Å². The lowest BCUT2D eigenvalue weighted by Crippen LogP contribution is -2.40. The van der Waals surface area contributed by atoms with E-state index in [0.717, 1.165) is 12.8 Å². The summed E-state index contributed by atoms with van der Waals surface area (Å²) in [5.41, 5.74) is 5.52. The molecule has 1 amide bonds. The molecule has 1 saturated heterocycles. The van der Waals surface area contributed by atoms with Gasteiger partial charge in [0.2, 0.25) is 5.91 Å². The van der Waals surface area contributed by atoms with Crippen molar-refractivity contribution in [3.63, 3.8) is 0 Å². The minimum Gasteiger partial charge on any atom is -0.387 e. The zero-order chi connectivity index (χ0) is 13.0. The van der Waals surface area contributed by atoms with Crippen LogP contribution in [0.5, 0.6) is 0 Å². The number of imidazole rings is 1. The highest BCUT2D eigenvalue weighted by Gasteiger charge is 2.17. The molecular formula is C11H16N4O2S. The summed E-state index contributed by atoms with van der Waals surface area (Å²) in [5, 5.41) is 2.97. The van der Waals surface area contributed by atoms with Crippen molar-refractivity contribution in [2.75, 3.05) is 13.2 Å². The summed E-state index contributed by atoms with van der Waals surface area (Å²) in [7, 11) is 0. The molecule has 7 heteroatoms. The molecule has 1 aromatic rings. The number of nitrogens with one attached hydrogen (secondary N) is 1. The lowest BCUT2D eigenvalue weighted by Gasteiger charge is -2.23. The van der Waals surface area contributed by atoms with Crippen LogP contribution >= 0.6 is 12.2 Å². The van der Waals surface area contributed by atoms with E-state index in [1.807, 2.05) is 0 Å². The second-order valence-corrected chi connectivity index (χ2v) is 4.64. The second kappa shape index (κ2) is 5.92. The third-order valence-corrected chi connectivity index (χ3v) is 3.02. The minimum absolute atomic E-state index is 0.0580. The highest BCUT2D eigenvalue weighted by atomic mass is 32.1. The Labute approximate surface area is 111 Å². The van der Waals surface area contributed by atoms with Crippen LogP contribution in [0.2, 0.25) is 0 Å². The SMILES string of the molecule is NC(=S)c1nccn1CC(=O)NC1CCOCC1. The van der Waals surface area contributed by atoms with Crippen LogP contribution in [0.4, 0.5) is 0 Å². The largest absolute Gasteiger partial charge is 0.387 e. The van der Waals surface area contributed by atoms with Crippen molar-refractivity contribution in [1.29, 1.82) is 0 Å². The van der Waals surface area contributed by atoms with Crippen LogP contribution < -0.4 is 11.1 Å². The number of aromatic nitrogens is 2. The predicted molar refractivity (Wildman–Crippen MR) is 70.1 cm³/mol. The first-order chi connectivity index (χ1) is 8.66. The van der Waals surface area contributed by atoms with Crippen molar-refractivity contribution < 1.29 is 9.53 Å². The van der Waals surface area contributed by atoms with Crippen LogP contribution in [0.15, 0.2) is 12.4 Å². The summed E-state index contributed by atoms with van der Waals surface area (Å²) >= 11 is 4.86. The van der Waals surface area contributed by atoms with E-state index in [1.165, 1.54) is 0 Å². The van der Waals surface area contributed by atoms with Gasteiger partial charge in [0.1, 0.15) is 11.5 Å². The highest BCUT2D eigenvalue weighted by molar-refractivity contribution is 7.80. The molecule has 98 valence electrons. The van der Waals surface area contributed by atoms with Gasteiger partial charge in [-0.3, -0.25) is 4.79 Å². The molecule has 0 aliphatic carbocycles. The average Bonchev–Trinajstić information content (AvgIpc) is 2.78. The molecule has 3 N–H and O–H groups in total. The third-order valence-electron chi connectivity index (χ3n) is 2.84. The fraction of sp³-hybridized carbons (Fsp3) is 0.545. The number of ether oxygens (including phenoxy) is 1. The molecule has 0 atom stereocenters. The van der Waals surface area contributed by atoms with Crippen molar-refractivity contribution in [3.8, 4) is 0 Å². The molecule has 0 radical (unpaired) electrons. The van der Waals surface area contributed by atoms with Gasteiger partial charge in [0.25, 0.3) is 0 Å². The number of hydrogen-bond acceptors (Lipinski definition) is 4. The van der Waals surface area contributed by atoms with Crippen molar-refractivity contribution >= 4 is 23.1 Å². The number of thiocarbonyl (C=S) groups is 1. The lowest BCUT2D eigenvalue weighted by molar-refractivity contribution is -0.123. The van der Waals surface area contributed by atoms with Crippen LogP contribution in [0.1, 0.15) is 18.7 Å². The van der Waals surface area contributed by atoms with Gasteiger partial charge in [-0.2, -0.15) is 0 Å². The molecule has 0 saturated carbocycles. The first-order valence-corrected chi connectivity index (χ1v) is 6.25. The monoisotopic (exact) mass is 268 g/mol. The second-order valence-electron chi connectivity index (χ2n) is 4.20. The standard InChI is InChI=1S/C11H16N4O2S/c12-10(18)11-13-3-4-15(11)7-9(16)14-8-1-5-17-6-2-8/h3-4,8H,1-2,5-7H2,(H2,12,18)(H,14,16). The number of nitrogens with two attached hydrogens (primary N) is 1. The summed E-state index contributed by atoms with van der Waals surface area (Å²) in [6.07, 6.45) is 4.99. The molecule has 1 aliphatic rings. The van der Waals surface area contributed by atoms with E-state index in [2.05, 4.69) is 10.3 Å². The average molecular weight is 268 g/mol. The lowest BCUT2D eigenvalue weighted by atomic mass is 10.1. The van der Waals surface area contributed by atoms with Crippen molar-refractivity contribution in [2.24, 2.45) is 5.73 Å². The van der Waals surface area contributed by atoms with Gasteiger partial charge in [0.15, 0.2) is 5.82 Å². The quantitative estimate of drug-likeness (QED) is 0.740. The van der Waals surface area contributed by atoms with Gasteiger partial charge in [0, 0.05) is 31.6 Å². The Balaban J connectivity index is 1.90. The number of carbonyl (C=O) groups is 1. The van der Waals surface area contributed by atoms with Crippen LogP contribution in [-0.2, 0) is 16.1 Å². The zero-order valence-electron chi connectivity index (χ0n) is 9.96. The number of hydrogen-bond donors (Lipinski definition) is 2. The number of amides is 1. The van der Waals surface area contributed by atoms with E-state index >= 15 is 0 Å². The Morgan fingerprint density at radius 2 is 2.33 bits per heavy atom. The minimum atomic E-state index is -0.0580. The normalized spacial score (nSPS) is 16.4.